The third-order valence-electron chi connectivity index (χ3n) is 3.24. The minimum absolute atomic E-state index is 0.227. The first-order valence-electron chi connectivity index (χ1n) is 8.10. The zero-order valence-corrected chi connectivity index (χ0v) is 14.2. The molecule has 1 heterocycles. The molecule has 0 saturated heterocycles. The molecule has 7 heteroatoms. The molecule has 132 valence electrons. The second kappa shape index (κ2) is 8.48. The maximum Gasteiger partial charge on any atom is 0.414 e. The number of para-hydroxylation sites is 1. The number of rotatable bonds is 4. The Labute approximate surface area is 150 Å². The average Bonchev–Trinajstić information content (AvgIpc) is 3.17. The number of hydrogen-bond acceptors (Lipinski definition) is 5. The number of amides is 1. The van der Waals surface area contributed by atoms with Crippen molar-refractivity contribution < 1.29 is 14.3 Å². The van der Waals surface area contributed by atoms with Crippen LogP contribution >= 0.6 is 0 Å². The van der Waals surface area contributed by atoms with Gasteiger partial charge in [0, 0.05) is 18.5 Å². The molecule has 0 aliphatic rings. The molecule has 1 amide bonds. The number of ether oxygens (including phenoxy) is 2. The van der Waals surface area contributed by atoms with Gasteiger partial charge in [-0.2, -0.15) is 5.10 Å². The number of aromatic nitrogens is 2. The van der Waals surface area contributed by atoms with Crippen LogP contribution in [0.3, 0.4) is 0 Å². The van der Waals surface area contributed by atoms with Crippen molar-refractivity contribution in [2.24, 2.45) is 4.99 Å². The molecular weight excluding hydrogens is 332 g/mol. The molecular formula is C19H18N4O3. The Morgan fingerprint density at radius 3 is 2.65 bits per heavy atom. The summed E-state index contributed by atoms with van der Waals surface area (Å²) in [6, 6.07) is 18.4. The fourth-order valence-electron chi connectivity index (χ4n) is 2.15. The van der Waals surface area contributed by atoms with E-state index >= 15 is 0 Å². The minimum Gasteiger partial charge on any atom is -0.457 e. The number of aliphatic imine (C=N–C) groups is 1. The quantitative estimate of drug-likeness (QED) is 0.571. The van der Waals surface area contributed by atoms with Gasteiger partial charge < -0.3 is 9.47 Å². The molecule has 0 aliphatic carbocycles. The zero-order chi connectivity index (χ0) is 18.2. The Morgan fingerprint density at radius 1 is 1.12 bits per heavy atom. The van der Waals surface area contributed by atoms with Gasteiger partial charge in [-0.05, 0) is 37.3 Å². The van der Waals surface area contributed by atoms with E-state index in [0.717, 1.165) is 5.75 Å². The monoisotopic (exact) mass is 350 g/mol. The first-order chi connectivity index (χ1) is 12.7. The van der Waals surface area contributed by atoms with Gasteiger partial charge in [-0.25, -0.2) is 14.5 Å². The topological polar surface area (TPSA) is 77.7 Å². The van der Waals surface area contributed by atoms with Crippen molar-refractivity contribution in [1.82, 2.24) is 15.1 Å². The fourth-order valence-corrected chi connectivity index (χ4v) is 2.15. The average molecular weight is 350 g/mol. The molecule has 26 heavy (non-hydrogen) atoms. The number of benzene rings is 2. The van der Waals surface area contributed by atoms with E-state index in [0.29, 0.717) is 11.4 Å². The molecule has 0 bridgehead atoms. The number of nitrogens with zero attached hydrogens (tertiary/aromatic N) is 3. The van der Waals surface area contributed by atoms with Crippen molar-refractivity contribution in [3.63, 3.8) is 0 Å². The third kappa shape index (κ3) is 4.70. The number of hydrogen-bond donors (Lipinski definition) is 1. The van der Waals surface area contributed by atoms with Crippen LogP contribution < -0.4 is 10.1 Å². The Balaban J connectivity index is 1.85. The predicted molar refractivity (Wildman–Crippen MR) is 97.8 cm³/mol. The summed E-state index contributed by atoms with van der Waals surface area (Å²) in [6.45, 7) is 1.99. The first-order valence-corrected chi connectivity index (χ1v) is 8.10. The lowest BCUT2D eigenvalue weighted by Crippen LogP contribution is -2.36. The molecule has 3 rings (SSSR count). The van der Waals surface area contributed by atoms with E-state index in [9.17, 15) is 4.79 Å². The maximum atomic E-state index is 11.8. The second-order valence-electron chi connectivity index (χ2n) is 5.14. The highest BCUT2D eigenvalue weighted by atomic mass is 16.5. The molecule has 7 nitrogen and oxygen atoms in total. The van der Waals surface area contributed by atoms with Crippen LogP contribution in [0.5, 0.6) is 11.5 Å². The highest BCUT2D eigenvalue weighted by Gasteiger charge is 2.10. The van der Waals surface area contributed by atoms with Crippen LogP contribution in [0.1, 0.15) is 6.92 Å². The van der Waals surface area contributed by atoms with Crippen LogP contribution in [-0.4, -0.2) is 28.4 Å². The van der Waals surface area contributed by atoms with Gasteiger partial charge in [0.15, 0.2) is 0 Å². The van der Waals surface area contributed by atoms with Crippen molar-refractivity contribution in [3.05, 3.63) is 73.1 Å². The number of carbonyl (C=O) groups excluding carboxylic acids is 1. The molecule has 3 aromatic rings. The summed E-state index contributed by atoms with van der Waals surface area (Å²) in [5, 5.41) is 6.69. The van der Waals surface area contributed by atoms with E-state index in [1.165, 1.54) is 4.68 Å². The van der Waals surface area contributed by atoms with E-state index < -0.39 is 6.09 Å². The molecule has 2 aromatic carbocycles. The smallest absolute Gasteiger partial charge is 0.414 e. The minimum atomic E-state index is -0.599. The molecule has 0 spiro atoms. The number of nitrogens with one attached hydrogen (secondary N) is 1. The number of alkyl carbamates (subject to hydrolysis) is 1. The van der Waals surface area contributed by atoms with Gasteiger partial charge in [0.1, 0.15) is 11.5 Å². The molecule has 0 saturated carbocycles. The highest BCUT2D eigenvalue weighted by Crippen LogP contribution is 2.25. The molecule has 0 radical (unpaired) electrons. The Morgan fingerprint density at radius 2 is 1.92 bits per heavy atom. The van der Waals surface area contributed by atoms with E-state index in [-0.39, 0.29) is 12.6 Å². The highest BCUT2D eigenvalue weighted by molar-refractivity contribution is 5.96. The van der Waals surface area contributed by atoms with E-state index in [1.54, 1.807) is 37.5 Å². The summed E-state index contributed by atoms with van der Waals surface area (Å²) in [5.74, 6) is 1.59. The lowest BCUT2D eigenvalue weighted by atomic mass is 10.3. The largest absolute Gasteiger partial charge is 0.457 e. The summed E-state index contributed by atoms with van der Waals surface area (Å²) >= 11 is 0. The molecule has 0 fully saturated rings. The van der Waals surface area contributed by atoms with Gasteiger partial charge in [0.2, 0.25) is 5.96 Å². The summed E-state index contributed by atoms with van der Waals surface area (Å²) in [6.07, 6.45) is 2.67. The van der Waals surface area contributed by atoms with E-state index in [1.807, 2.05) is 42.5 Å². The molecule has 0 unspecified atom stereocenters. The second-order valence-corrected chi connectivity index (χ2v) is 5.14. The summed E-state index contributed by atoms with van der Waals surface area (Å²) in [4.78, 5) is 16.2. The standard InChI is InChI=1S/C19H18N4O3/c1-2-25-19(24)22-18(23-13-7-12-20-23)21-15-8-6-11-17(14-15)26-16-9-4-3-5-10-16/h3-14H,2H2,1H3,(H,21,22,24). The zero-order valence-electron chi connectivity index (χ0n) is 14.2. The first kappa shape index (κ1) is 17.2. The Bertz CT molecular complexity index is 877. The van der Waals surface area contributed by atoms with Gasteiger partial charge in [-0.3, -0.25) is 5.32 Å². The summed E-state index contributed by atoms with van der Waals surface area (Å²) in [7, 11) is 0. The molecule has 0 aliphatic heterocycles. The van der Waals surface area contributed by atoms with Gasteiger partial charge in [-0.15, -0.1) is 0 Å². The molecule has 1 N–H and O–H groups in total. The Hall–Kier alpha value is -3.61. The van der Waals surface area contributed by atoms with Gasteiger partial charge >= 0.3 is 6.09 Å². The molecule has 0 atom stereocenters. The predicted octanol–water partition coefficient (Wildman–Crippen LogP) is 3.96. The summed E-state index contributed by atoms with van der Waals surface area (Å²) < 4.78 is 12.2. The van der Waals surface area contributed by atoms with Crippen LogP contribution in [0.4, 0.5) is 10.5 Å². The molecule has 1 aromatic heterocycles. The van der Waals surface area contributed by atoms with Gasteiger partial charge in [0.25, 0.3) is 0 Å². The van der Waals surface area contributed by atoms with Crippen LogP contribution in [0.2, 0.25) is 0 Å². The van der Waals surface area contributed by atoms with Gasteiger partial charge in [-0.1, -0.05) is 24.3 Å². The van der Waals surface area contributed by atoms with Crippen molar-refractivity contribution in [2.75, 3.05) is 6.61 Å². The summed E-state index contributed by atoms with van der Waals surface area (Å²) in [5.41, 5.74) is 0.598. The lowest BCUT2D eigenvalue weighted by Gasteiger charge is -2.09. The van der Waals surface area contributed by atoms with Crippen molar-refractivity contribution >= 4 is 17.7 Å². The van der Waals surface area contributed by atoms with Gasteiger partial charge in [0.05, 0.1) is 12.3 Å². The lowest BCUT2D eigenvalue weighted by molar-refractivity contribution is 0.157. The van der Waals surface area contributed by atoms with Crippen molar-refractivity contribution in [3.8, 4) is 11.5 Å². The van der Waals surface area contributed by atoms with E-state index in [2.05, 4.69) is 15.4 Å². The van der Waals surface area contributed by atoms with Crippen molar-refractivity contribution in [2.45, 2.75) is 6.92 Å². The fraction of sp³-hybridized carbons (Fsp3) is 0.105. The third-order valence-corrected chi connectivity index (χ3v) is 3.24. The van der Waals surface area contributed by atoms with E-state index in [4.69, 9.17) is 9.47 Å². The van der Waals surface area contributed by atoms with Crippen molar-refractivity contribution in [1.29, 1.82) is 0 Å². The van der Waals surface area contributed by atoms with Crippen LogP contribution in [0.15, 0.2) is 78.0 Å². The SMILES string of the molecule is CCOC(=O)NC(=Nc1cccc(Oc2ccccc2)c1)n1cccn1. The van der Waals surface area contributed by atoms with Crippen LogP contribution in [0, 0.1) is 0 Å². The maximum absolute atomic E-state index is 11.8. The Kier molecular flexibility index (Phi) is 5.61. The van der Waals surface area contributed by atoms with Crippen LogP contribution in [0.25, 0.3) is 0 Å². The number of carbonyl (C=O) groups is 1. The van der Waals surface area contributed by atoms with Crippen LogP contribution in [-0.2, 0) is 4.74 Å². The normalized spacial score (nSPS) is 11.0.